The molecule has 0 fully saturated rings. The van der Waals surface area contributed by atoms with Crippen molar-refractivity contribution in [1.82, 2.24) is 4.98 Å². The predicted octanol–water partition coefficient (Wildman–Crippen LogP) is 3.27. The topological polar surface area (TPSA) is 15.8 Å². The second kappa shape index (κ2) is 2.56. The van der Waals surface area contributed by atoms with Crippen LogP contribution in [0.2, 0.25) is 5.02 Å². The smallest absolute Gasteiger partial charge is 0.0621 e. The maximum Gasteiger partial charge on any atom is 0.0621 e. The molecule has 62 valence electrons. The van der Waals surface area contributed by atoms with Crippen LogP contribution in [0.3, 0.4) is 0 Å². The van der Waals surface area contributed by atoms with Gasteiger partial charge in [0, 0.05) is 16.8 Å². The number of nitrogens with one attached hydrogen (secondary N) is 1. The van der Waals surface area contributed by atoms with Crippen LogP contribution in [0.4, 0.5) is 0 Å². The van der Waals surface area contributed by atoms with E-state index in [1.54, 1.807) is 0 Å². The third kappa shape index (κ3) is 1.78. The number of H-pyrrole nitrogens is 1. The summed E-state index contributed by atoms with van der Waals surface area (Å²) in [6.07, 6.45) is 0. The van der Waals surface area contributed by atoms with Gasteiger partial charge in [-0.25, -0.2) is 0 Å². The number of hydrogen-bond donors (Lipinski definition) is 1. The largest absolute Gasteiger partial charge is 0.361 e. The molecule has 0 aliphatic carbocycles. The Morgan fingerprint density at radius 3 is 2.09 bits per heavy atom. The van der Waals surface area contributed by atoms with Gasteiger partial charge in [0.05, 0.1) is 5.02 Å². The molecule has 0 atom stereocenters. The molecule has 0 radical (unpaired) electrons. The van der Waals surface area contributed by atoms with Gasteiger partial charge in [-0.1, -0.05) is 32.4 Å². The van der Waals surface area contributed by atoms with Gasteiger partial charge in [0.1, 0.15) is 0 Å². The lowest BCUT2D eigenvalue weighted by atomic mass is 9.93. The van der Waals surface area contributed by atoms with E-state index in [1.807, 2.05) is 13.0 Å². The van der Waals surface area contributed by atoms with Crippen LogP contribution >= 0.6 is 11.6 Å². The molecular formula is C9H14ClN. The Bertz CT molecular complexity index is 255. The fraction of sp³-hybridized carbons (Fsp3) is 0.556. The molecule has 0 aliphatic heterocycles. The second-order valence-electron chi connectivity index (χ2n) is 3.93. The minimum atomic E-state index is 0.116. The van der Waals surface area contributed by atoms with Crippen molar-refractivity contribution < 1.29 is 0 Å². The Labute approximate surface area is 72.8 Å². The molecule has 0 amide bonds. The Balaban J connectivity index is 3.13. The standard InChI is InChI=1S/C9H14ClN/c1-6-5-7(10)8(11-6)9(2,3)4/h5,11H,1-4H3. The summed E-state index contributed by atoms with van der Waals surface area (Å²) in [5.41, 5.74) is 2.36. The summed E-state index contributed by atoms with van der Waals surface area (Å²) in [4.78, 5) is 3.25. The van der Waals surface area contributed by atoms with E-state index in [9.17, 15) is 0 Å². The first-order valence-electron chi connectivity index (χ1n) is 3.77. The van der Waals surface area contributed by atoms with E-state index in [0.717, 1.165) is 16.4 Å². The van der Waals surface area contributed by atoms with Crippen molar-refractivity contribution in [3.8, 4) is 0 Å². The lowest BCUT2D eigenvalue weighted by Crippen LogP contribution is -2.12. The predicted molar refractivity (Wildman–Crippen MR) is 49.2 cm³/mol. The van der Waals surface area contributed by atoms with E-state index in [1.165, 1.54) is 0 Å². The molecule has 11 heavy (non-hydrogen) atoms. The van der Waals surface area contributed by atoms with Gasteiger partial charge in [0.15, 0.2) is 0 Å². The van der Waals surface area contributed by atoms with Gasteiger partial charge in [0.25, 0.3) is 0 Å². The van der Waals surface area contributed by atoms with E-state index in [4.69, 9.17) is 11.6 Å². The van der Waals surface area contributed by atoms with Crippen LogP contribution in [0.1, 0.15) is 32.2 Å². The van der Waals surface area contributed by atoms with Crippen molar-refractivity contribution in [2.75, 3.05) is 0 Å². The van der Waals surface area contributed by atoms with Crippen LogP contribution in [0, 0.1) is 6.92 Å². The van der Waals surface area contributed by atoms with E-state index in [-0.39, 0.29) is 5.41 Å². The SMILES string of the molecule is Cc1cc(Cl)c(C(C)(C)C)[nH]1. The van der Waals surface area contributed by atoms with Gasteiger partial charge in [0.2, 0.25) is 0 Å². The molecule has 0 bridgehead atoms. The Kier molecular flexibility index (Phi) is 2.02. The van der Waals surface area contributed by atoms with Crippen molar-refractivity contribution >= 4 is 11.6 Å². The summed E-state index contributed by atoms with van der Waals surface area (Å²) in [5.74, 6) is 0. The Hall–Kier alpha value is -0.430. The molecule has 2 heteroatoms. The van der Waals surface area contributed by atoms with Gasteiger partial charge in [-0.2, -0.15) is 0 Å². The van der Waals surface area contributed by atoms with Gasteiger partial charge < -0.3 is 4.98 Å². The number of rotatable bonds is 0. The fourth-order valence-electron chi connectivity index (χ4n) is 1.10. The minimum absolute atomic E-state index is 0.116. The number of hydrogen-bond acceptors (Lipinski definition) is 0. The third-order valence-corrected chi connectivity index (χ3v) is 1.95. The van der Waals surface area contributed by atoms with Gasteiger partial charge in [-0.3, -0.25) is 0 Å². The Morgan fingerprint density at radius 2 is 1.91 bits per heavy atom. The summed E-state index contributed by atoms with van der Waals surface area (Å²) in [6, 6.07) is 1.96. The highest BCUT2D eigenvalue weighted by molar-refractivity contribution is 6.31. The molecule has 1 N–H and O–H groups in total. The van der Waals surface area contributed by atoms with Crippen LogP contribution in [-0.2, 0) is 5.41 Å². The molecule has 1 rings (SSSR count). The van der Waals surface area contributed by atoms with Gasteiger partial charge in [-0.05, 0) is 13.0 Å². The highest BCUT2D eigenvalue weighted by Gasteiger charge is 2.18. The summed E-state index contributed by atoms with van der Waals surface area (Å²) in [5, 5.41) is 0.843. The molecule has 1 nitrogen and oxygen atoms in total. The maximum atomic E-state index is 6.00. The first-order chi connectivity index (χ1) is 4.91. The average Bonchev–Trinajstić information content (AvgIpc) is 2.08. The van der Waals surface area contributed by atoms with E-state index < -0.39 is 0 Å². The van der Waals surface area contributed by atoms with Crippen LogP contribution in [0.25, 0.3) is 0 Å². The molecule has 0 saturated carbocycles. The summed E-state index contributed by atoms with van der Waals surface area (Å²) in [7, 11) is 0. The highest BCUT2D eigenvalue weighted by Crippen LogP contribution is 2.28. The zero-order chi connectivity index (χ0) is 8.65. The molecule has 0 spiro atoms. The zero-order valence-electron chi connectivity index (χ0n) is 7.46. The minimum Gasteiger partial charge on any atom is -0.361 e. The van der Waals surface area contributed by atoms with Crippen molar-refractivity contribution in [2.24, 2.45) is 0 Å². The van der Waals surface area contributed by atoms with E-state index >= 15 is 0 Å². The number of aromatic amines is 1. The molecule has 0 aliphatic rings. The van der Waals surface area contributed by atoms with Crippen LogP contribution in [-0.4, -0.2) is 4.98 Å². The van der Waals surface area contributed by atoms with Crippen molar-refractivity contribution in [3.05, 3.63) is 22.5 Å². The monoisotopic (exact) mass is 171 g/mol. The normalized spacial score (nSPS) is 12.1. The summed E-state index contributed by atoms with van der Waals surface area (Å²) >= 11 is 6.00. The molecule has 1 aromatic rings. The fourth-order valence-corrected chi connectivity index (χ4v) is 1.60. The molecule has 0 aromatic carbocycles. The summed E-state index contributed by atoms with van der Waals surface area (Å²) < 4.78 is 0. The van der Waals surface area contributed by atoms with Crippen molar-refractivity contribution in [1.29, 1.82) is 0 Å². The third-order valence-electron chi connectivity index (χ3n) is 1.65. The van der Waals surface area contributed by atoms with Crippen molar-refractivity contribution in [2.45, 2.75) is 33.1 Å². The molecule has 0 saturated heterocycles. The van der Waals surface area contributed by atoms with Gasteiger partial charge >= 0.3 is 0 Å². The average molecular weight is 172 g/mol. The van der Waals surface area contributed by atoms with E-state index in [0.29, 0.717) is 0 Å². The molecule has 1 heterocycles. The number of halogens is 1. The van der Waals surface area contributed by atoms with Crippen LogP contribution < -0.4 is 0 Å². The maximum absolute atomic E-state index is 6.00. The lowest BCUT2D eigenvalue weighted by molar-refractivity contribution is 0.572. The van der Waals surface area contributed by atoms with E-state index in [2.05, 4.69) is 25.8 Å². The Morgan fingerprint density at radius 1 is 1.36 bits per heavy atom. The number of aromatic nitrogens is 1. The molecular weight excluding hydrogens is 158 g/mol. The van der Waals surface area contributed by atoms with Crippen LogP contribution in [0.5, 0.6) is 0 Å². The first-order valence-corrected chi connectivity index (χ1v) is 4.14. The zero-order valence-corrected chi connectivity index (χ0v) is 8.21. The quantitative estimate of drug-likeness (QED) is 0.617. The van der Waals surface area contributed by atoms with Crippen LogP contribution in [0.15, 0.2) is 6.07 Å². The van der Waals surface area contributed by atoms with Crippen molar-refractivity contribution in [3.63, 3.8) is 0 Å². The molecule has 0 unspecified atom stereocenters. The first kappa shape index (κ1) is 8.66. The second-order valence-corrected chi connectivity index (χ2v) is 4.33. The molecule has 1 aromatic heterocycles. The summed E-state index contributed by atoms with van der Waals surface area (Å²) in [6.45, 7) is 8.44. The lowest BCUT2D eigenvalue weighted by Gasteiger charge is -2.17. The highest BCUT2D eigenvalue weighted by atomic mass is 35.5. The van der Waals surface area contributed by atoms with Gasteiger partial charge in [-0.15, -0.1) is 0 Å². The number of aryl methyl sites for hydroxylation is 1.